The third kappa shape index (κ3) is 23.9. The molecule has 16 rings (SSSR count). The lowest BCUT2D eigenvalue weighted by molar-refractivity contribution is 0.323. The van der Waals surface area contributed by atoms with Crippen LogP contribution in [0.25, 0.3) is 0 Å². The van der Waals surface area contributed by atoms with Gasteiger partial charge in [-0.15, -0.1) is 0 Å². The van der Waals surface area contributed by atoms with Crippen LogP contribution in [0, 0.1) is 102 Å². The van der Waals surface area contributed by atoms with E-state index in [0.29, 0.717) is 0 Å². The summed E-state index contributed by atoms with van der Waals surface area (Å²) in [5.41, 5.74) is 26.1. The molecule has 0 aromatic heterocycles. The number of benzene rings is 1. The zero-order valence-electron chi connectivity index (χ0n) is 64.8. The second kappa shape index (κ2) is 37.3. The van der Waals surface area contributed by atoms with Gasteiger partial charge >= 0.3 is 0 Å². The van der Waals surface area contributed by atoms with Gasteiger partial charge < -0.3 is 0 Å². The Morgan fingerprint density at radius 3 is 1.81 bits per heavy atom. The summed E-state index contributed by atoms with van der Waals surface area (Å²) in [6, 6.07) is 6.89. The molecule has 0 saturated carbocycles. The summed E-state index contributed by atoms with van der Waals surface area (Å²) in [6.07, 6.45) is 77.1. The highest BCUT2D eigenvalue weighted by molar-refractivity contribution is 5.36. The molecule has 0 bridgehead atoms. The number of hydrogen-bond acceptors (Lipinski definition) is 0. The van der Waals surface area contributed by atoms with Crippen molar-refractivity contribution < 1.29 is 0 Å². The van der Waals surface area contributed by atoms with Gasteiger partial charge in [-0.2, -0.15) is 0 Å². The van der Waals surface area contributed by atoms with Gasteiger partial charge in [-0.3, -0.25) is 0 Å². The maximum atomic E-state index is 2.51. The van der Waals surface area contributed by atoms with E-state index >= 15 is 0 Å². The molecule has 16 atom stereocenters. The topological polar surface area (TPSA) is 0 Å². The van der Waals surface area contributed by atoms with Gasteiger partial charge in [-0.05, 0) is 364 Å². The maximum absolute atomic E-state index is 2.51. The molecule has 0 heteroatoms. The summed E-state index contributed by atoms with van der Waals surface area (Å²) >= 11 is 0. The first-order chi connectivity index (χ1) is 46.0. The molecule has 0 amide bonds. The lowest BCUT2D eigenvalue weighted by Gasteiger charge is -2.32. The van der Waals surface area contributed by atoms with Crippen LogP contribution in [0.15, 0.2) is 182 Å². The molecule has 0 heterocycles. The largest absolute Gasteiger partial charge is 0.0851 e. The van der Waals surface area contributed by atoms with E-state index in [4.69, 9.17) is 0 Å². The van der Waals surface area contributed by atoms with E-state index in [1.54, 1.807) is 83.6 Å². The molecule has 15 aliphatic carbocycles. The fourth-order valence-corrected chi connectivity index (χ4v) is 19.2. The molecule has 16 unspecified atom stereocenters. The van der Waals surface area contributed by atoms with Crippen LogP contribution >= 0.6 is 0 Å². The fourth-order valence-electron chi connectivity index (χ4n) is 19.2. The van der Waals surface area contributed by atoms with Crippen molar-refractivity contribution in [3.8, 4) is 0 Å². The summed E-state index contributed by atoms with van der Waals surface area (Å²) in [6.45, 7) is 36.9. The summed E-state index contributed by atoms with van der Waals surface area (Å²) in [7, 11) is 0. The SMILES string of the molecule is CC1=CC2=CCC(C)CC2CC1.CC1=CC2C=CC(C)CC2CC1.CC1=CC2CC=C(C)CC2CC1.CC1=CCC2=C(CCC(C)C2)C1.CC1=CCC2=CC(C)CCC2C1.CC1C=C2C=CC(C)CC2CC1.CC1C=CC2=C(CCC(C)C2)C1.Cc1ccc2c(c1)CCC(C)C2. The Morgan fingerprint density at radius 2 is 1.01 bits per heavy atom. The van der Waals surface area contributed by atoms with Crippen molar-refractivity contribution in [1.29, 1.82) is 0 Å². The van der Waals surface area contributed by atoms with Gasteiger partial charge in [-0.25, -0.2) is 0 Å². The predicted molar refractivity (Wildman–Crippen MR) is 423 cm³/mol. The average Bonchev–Trinajstić information content (AvgIpc) is 1.23. The Bertz CT molecular complexity index is 3170. The molecule has 0 nitrogen and oxygen atoms in total. The monoisotopic (exact) mass is 1300 g/mol. The van der Waals surface area contributed by atoms with Crippen LogP contribution in [0.3, 0.4) is 0 Å². The molecule has 0 saturated heterocycles. The summed E-state index contributed by atoms with van der Waals surface area (Å²) in [5, 5.41) is 0. The number of aryl methyl sites for hydroxylation is 2. The summed E-state index contributed by atoms with van der Waals surface area (Å²) in [5.74, 6) is 14.0. The molecule has 0 radical (unpaired) electrons. The Morgan fingerprint density at radius 1 is 0.354 bits per heavy atom. The Hall–Kier alpha value is -4.42. The second-order valence-electron chi connectivity index (χ2n) is 35.5. The molecule has 1 aromatic rings. The van der Waals surface area contributed by atoms with Crippen LogP contribution in [-0.4, -0.2) is 0 Å². The second-order valence-corrected chi connectivity index (χ2v) is 35.5. The van der Waals surface area contributed by atoms with Gasteiger partial charge in [0.15, 0.2) is 0 Å². The van der Waals surface area contributed by atoms with Crippen LogP contribution in [0.5, 0.6) is 0 Å². The quantitative estimate of drug-likeness (QED) is 0.227. The highest BCUT2D eigenvalue weighted by atomic mass is 14.3. The fraction of sp³-hybridized carbons (Fsp3) is 0.646. The minimum absolute atomic E-state index is 0.773. The van der Waals surface area contributed by atoms with E-state index in [1.165, 1.54) is 198 Å². The number of hydrogen-bond donors (Lipinski definition) is 0. The third-order valence-electron chi connectivity index (χ3n) is 25.5. The van der Waals surface area contributed by atoms with Crippen LogP contribution in [-0.2, 0) is 12.8 Å². The predicted octanol–water partition coefficient (Wildman–Crippen LogP) is 28.9. The lowest BCUT2D eigenvalue weighted by Crippen LogP contribution is -2.21. The highest BCUT2D eigenvalue weighted by Gasteiger charge is 2.30. The van der Waals surface area contributed by atoms with E-state index in [9.17, 15) is 0 Å². The smallest absolute Gasteiger partial charge is 0.00222 e. The Labute approximate surface area is 593 Å². The van der Waals surface area contributed by atoms with E-state index in [0.717, 1.165) is 94.7 Å². The van der Waals surface area contributed by atoms with Crippen LogP contribution in [0.1, 0.15) is 300 Å². The minimum Gasteiger partial charge on any atom is -0.0851 e. The van der Waals surface area contributed by atoms with Gasteiger partial charge in [0.2, 0.25) is 0 Å². The first-order valence-electron chi connectivity index (χ1n) is 40.7. The van der Waals surface area contributed by atoms with Crippen molar-refractivity contribution in [3.63, 3.8) is 0 Å². The van der Waals surface area contributed by atoms with Gasteiger partial charge in [-0.1, -0.05) is 233 Å². The Kier molecular flexibility index (Phi) is 29.4. The molecule has 15 aliphatic rings. The molecule has 0 aliphatic heterocycles. The highest BCUT2D eigenvalue weighted by Crippen LogP contribution is 2.44. The zero-order chi connectivity index (χ0) is 68.4. The van der Waals surface area contributed by atoms with Gasteiger partial charge in [0.25, 0.3) is 0 Å². The van der Waals surface area contributed by atoms with Crippen molar-refractivity contribution in [2.24, 2.45) is 94.7 Å². The van der Waals surface area contributed by atoms with Gasteiger partial charge in [0, 0.05) is 0 Å². The van der Waals surface area contributed by atoms with E-state index < -0.39 is 0 Å². The van der Waals surface area contributed by atoms with E-state index in [-0.39, 0.29) is 0 Å². The van der Waals surface area contributed by atoms with Crippen molar-refractivity contribution in [1.82, 2.24) is 0 Å². The van der Waals surface area contributed by atoms with Crippen molar-refractivity contribution >= 4 is 0 Å². The molecular weight excluding hydrogens is 1150 g/mol. The minimum atomic E-state index is 0.773. The maximum Gasteiger partial charge on any atom is -0.00222 e. The number of allylic oxidation sites excluding steroid dienone is 28. The molecule has 1 aromatic carbocycles. The van der Waals surface area contributed by atoms with Crippen molar-refractivity contribution in [2.45, 2.75) is 303 Å². The molecule has 526 valence electrons. The molecule has 0 spiro atoms. The van der Waals surface area contributed by atoms with Crippen LogP contribution < -0.4 is 0 Å². The third-order valence-corrected chi connectivity index (χ3v) is 25.5. The number of fused-ring (bicyclic) bond motifs is 6. The summed E-state index contributed by atoms with van der Waals surface area (Å²) in [4.78, 5) is 0. The molecule has 0 fully saturated rings. The van der Waals surface area contributed by atoms with Crippen molar-refractivity contribution in [3.05, 3.63) is 198 Å². The average molecular weight is 1300 g/mol. The first-order valence-corrected chi connectivity index (χ1v) is 40.7. The lowest BCUT2D eigenvalue weighted by atomic mass is 9.73. The van der Waals surface area contributed by atoms with Gasteiger partial charge in [0.1, 0.15) is 0 Å². The standard InChI is InChI=1S/7C12H18.C12H16/c8*1-9-3-5-12-8-10(2)4-6-11(12)7-9/h5,8-9,11H,3-4,6-7H2,1-2H3;3,10H,4-8H2,1-2H3;3,8,11-12H,4-7H2,1-2H3;3,8,10-11H,4-7H2,1-2H3;3,5,9-10H,4,6-8H2,1-2H3;3,5,8-9,11-12H,4,6-7H2,1-2H3;3,5,8-11H,4,6-7H2,1-2H3;3,5,7,10H,4,6,8H2,1-2H3. The van der Waals surface area contributed by atoms with E-state index in [2.05, 4.69) is 220 Å². The molecule has 0 N–H and O–H groups in total. The Balaban J connectivity index is 0.000000129. The molecular formula is C96H142. The normalized spacial score (nSPS) is 34.2. The number of rotatable bonds is 0. The summed E-state index contributed by atoms with van der Waals surface area (Å²) < 4.78 is 0. The van der Waals surface area contributed by atoms with Gasteiger partial charge in [0.05, 0.1) is 0 Å². The van der Waals surface area contributed by atoms with E-state index in [1.807, 2.05) is 0 Å². The van der Waals surface area contributed by atoms with Crippen LogP contribution in [0.4, 0.5) is 0 Å². The zero-order valence-corrected chi connectivity index (χ0v) is 64.8. The van der Waals surface area contributed by atoms with Crippen LogP contribution in [0.2, 0.25) is 0 Å². The van der Waals surface area contributed by atoms with Crippen molar-refractivity contribution in [2.75, 3.05) is 0 Å². The first kappa shape index (κ1) is 75.8. The molecule has 96 heavy (non-hydrogen) atoms.